The highest BCUT2D eigenvalue weighted by molar-refractivity contribution is 7.99. The lowest BCUT2D eigenvalue weighted by molar-refractivity contribution is 1.34. The molecule has 0 aliphatic carbocycles. The number of hydrogen-bond acceptors (Lipinski definition) is 4. The van der Waals surface area contributed by atoms with E-state index in [1.165, 1.54) is 0 Å². The van der Waals surface area contributed by atoms with E-state index in [1.54, 1.807) is 30.0 Å². The van der Waals surface area contributed by atoms with Crippen molar-refractivity contribution in [2.45, 2.75) is 0 Å². The number of hydrogen-bond donors (Lipinski definition) is 2. The van der Waals surface area contributed by atoms with Gasteiger partial charge < -0.3 is 11.1 Å². The minimum atomic E-state index is 0.626. The van der Waals surface area contributed by atoms with Crippen molar-refractivity contribution in [1.82, 2.24) is 0 Å². The zero-order valence-electron chi connectivity index (χ0n) is 8.46. The Morgan fingerprint density at radius 3 is 3.00 bits per heavy atom. The molecule has 0 radical (unpaired) electrons. The molecule has 16 heavy (non-hydrogen) atoms. The number of benzene rings is 1. The molecule has 1 aromatic rings. The van der Waals surface area contributed by atoms with Gasteiger partial charge >= 0.3 is 0 Å². The van der Waals surface area contributed by atoms with Crippen LogP contribution >= 0.6 is 23.4 Å². The summed E-state index contributed by atoms with van der Waals surface area (Å²) in [6.45, 7) is 0. The first-order chi connectivity index (χ1) is 7.70. The molecule has 0 amide bonds. The number of thioether (sulfide) groups is 1. The van der Waals surface area contributed by atoms with Crippen LogP contribution in [0.3, 0.4) is 0 Å². The Balaban J connectivity index is 2.28. The fourth-order valence-electron chi connectivity index (χ4n) is 1.44. The molecule has 1 aliphatic rings. The van der Waals surface area contributed by atoms with Crippen LogP contribution in [0.1, 0.15) is 0 Å². The van der Waals surface area contributed by atoms with Crippen LogP contribution < -0.4 is 11.1 Å². The summed E-state index contributed by atoms with van der Waals surface area (Å²) in [4.78, 5) is 0. The minimum absolute atomic E-state index is 0.626. The lowest BCUT2D eigenvalue weighted by Gasteiger charge is -2.10. The van der Waals surface area contributed by atoms with E-state index < -0.39 is 0 Å². The van der Waals surface area contributed by atoms with E-state index in [0.29, 0.717) is 10.7 Å². The van der Waals surface area contributed by atoms with E-state index in [-0.39, 0.29) is 0 Å². The van der Waals surface area contributed by atoms with Gasteiger partial charge in [-0.25, -0.2) is 0 Å². The molecule has 82 valence electrons. The predicted molar refractivity (Wildman–Crippen MR) is 69.5 cm³/mol. The Labute approximate surface area is 103 Å². The van der Waals surface area contributed by atoms with Crippen molar-refractivity contribution in [3.8, 4) is 6.07 Å². The summed E-state index contributed by atoms with van der Waals surface area (Å²) in [5, 5.41) is 12.7. The molecule has 3 nitrogen and oxygen atoms in total. The van der Waals surface area contributed by atoms with Gasteiger partial charge in [-0.1, -0.05) is 11.6 Å². The normalized spacial score (nSPS) is 15.0. The quantitative estimate of drug-likeness (QED) is 0.794. The van der Waals surface area contributed by atoms with Gasteiger partial charge in [0.05, 0.1) is 23.0 Å². The Kier molecular flexibility index (Phi) is 3.28. The van der Waals surface area contributed by atoms with Crippen LogP contribution in [-0.4, -0.2) is 11.5 Å². The third-order valence-electron chi connectivity index (χ3n) is 2.29. The molecule has 5 heteroatoms. The van der Waals surface area contributed by atoms with Gasteiger partial charge in [-0.05, 0) is 18.2 Å². The summed E-state index contributed by atoms with van der Waals surface area (Å²) < 4.78 is 0. The Morgan fingerprint density at radius 1 is 1.44 bits per heavy atom. The number of nitriles is 1. The standard InChI is InChI=1S/C11H10ClN3S/c12-8-1-2-9(14)10(3-8)15-11-6-16-5-7(11)4-13/h1-3,15H,5-6,14H2. The molecule has 0 saturated carbocycles. The third-order valence-corrected chi connectivity index (χ3v) is 3.51. The van der Waals surface area contributed by atoms with Crippen LogP contribution in [0.2, 0.25) is 5.02 Å². The lowest BCUT2D eigenvalue weighted by Crippen LogP contribution is -2.04. The average molecular weight is 252 g/mol. The maximum absolute atomic E-state index is 8.92. The summed E-state index contributed by atoms with van der Waals surface area (Å²) in [5.41, 5.74) is 8.93. The summed E-state index contributed by atoms with van der Waals surface area (Å²) in [6.07, 6.45) is 0. The second kappa shape index (κ2) is 4.69. The number of nitrogens with one attached hydrogen (secondary N) is 1. The summed E-state index contributed by atoms with van der Waals surface area (Å²) in [6, 6.07) is 7.45. The zero-order valence-corrected chi connectivity index (χ0v) is 10.0. The third kappa shape index (κ3) is 2.26. The Morgan fingerprint density at radius 2 is 2.25 bits per heavy atom. The van der Waals surface area contributed by atoms with Crippen LogP contribution in [0.4, 0.5) is 11.4 Å². The highest BCUT2D eigenvalue weighted by Crippen LogP contribution is 2.29. The van der Waals surface area contributed by atoms with Gasteiger partial charge in [-0.2, -0.15) is 5.26 Å². The van der Waals surface area contributed by atoms with Crippen molar-refractivity contribution >= 4 is 34.7 Å². The lowest BCUT2D eigenvalue weighted by atomic mass is 10.2. The van der Waals surface area contributed by atoms with Gasteiger partial charge in [-0.15, -0.1) is 11.8 Å². The fraction of sp³-hybridized carbons (Fsp3) is 0.182. The van der Waals surface area contributed by atoms with Gasteiger partial charge in [0.1, 0.15) is 0 Å². The fourth-order valence-corrected chi connectivity index (χ4v) is 2.61. The molecule has 1 aromatic carbocycles. The van der Waals surface area contributed by atoms with E-state index in [2.05, 4.69) is 11.4 Å². The molecule has 0 spiro atoms. The van der Waals surface area contributed by atoms with Crippen molar-refractivity contribution < 1.29 is 0 Å². The first-order valence-corrected chi connectivity index (χ1v) is 6.26. The first kappa shape index (κ1) is 11.2. The molecule has 0 aromatic heterocycles. The van der Waals surface area contributed by atoms with Gasteiger partial charge in [0.25, 0.3) is 0 Å². The van der Waals surface area contributed by atoms with E-state index >= 15 is 0 Å². The number of rotatable bonds is 2. The average Bonchev–Trinajstić information content (AvgIpc) is 2.71. The molecular weight excluding hydrogens is 242 g/mol. The van der Waals surface area contributed by atoms with Crippen LogP contribution in [0, 0.1) is 11.3 Å². The molecule has 1 heterocycles. The van der Waals surface area contributed by atoms with Crippen molar-refractivity contribution in [1.29, 1.82) is 5.26 Å². The topological polar surface area (TPSA) is 61.8 Å². The predicted octanol–water partition coefficient (Wildman–Crippen LogP) is 2.86. The van der Waals surface area contributed by atoms with E-state index in [9.17, 15) is 0 Å². The van der Waals surface area contributed by atoms with Gasteiger partial charge in [0.2, 0.25) is 0 Å². The molecular formula is C11H10ClN3S. The molecule has 3 N–H and O–H groups in total. The van der Waals surface area contributed by atoms with Crippen LogP contribution in [-0.2, 0) is 0 Å². The summed E-state index contributed by atoms with van der Waals surface area (Å²) >= 11 is 7.60. The van der Waals surface area contributed by atoms with Crippen molar-refractivity contribution in [3.05, 3.63) is 34.5 Å². The molecule has 0 bridgehead atoms. The van der Waals surface area contributed by atoms with Crippen LogP contribution in [0.15, 0.2) is 29.5 Å². The monoisotopic (exact) mass is 251 g/mol. The van der Waals surface area contributed by atoms with Gasteiger partial charge in [-0.3, -0.25) is 0 Å². The largest absolute Gasteiger partial charge is 0.397 e. The van der Waals surface area contributed by atoms with E-state index in [0.717, 1.165) is 28.5 Å². The van der Waals surface area contributed by atoms with E-state index in [4.69, 9.17) is 22.6 Å². The number of anilines is 2. The van der Waals surface area contributed by atoms with Crippen LogP contribution in [0.25, 0.3) is 0 Å². The maximum Gasteiger partial charge on any atom is 0.0974 e. The molecule has 0 saturated heterocycles. The van der Waals surface area contributed by atoms with Crippen LogP contribution in [0.5, 0.6) is 0 Å². The van der Waals surface area contributed by atoms with Gasteiger partial charge in [0, 0.05) is 22.2 Å². The molecule has 2 rings (SSSR count). The number of halogens is 1. The number of nitrogens with zero attached hydrogens (tertiary/aromatic N) is 1. The molecule has 0 atom stereocenters. The Hall–Kier alpha value is -1.31. The zero-order chi connectivity index (χ0) is 11.5. The molecule has 0 fully saturated rings. The number of nitrogen functional groups attached to an aromatic ring is 1. The molecule has 0 unspecified atom stereocenters. The highest BCUT2D eigenvalue weighted by atomic mass is 35.5. The SMILES string of the molecule is N#CC1=C(Nc2cc(Cl)ccc2N)CSC1. The van der Waals surface area contributed by atoms with Crippen molar-refractivity contribution in [2.75, 3.05) is 22.6 Å². The van der Waals surface area contributed by atoms with Crippen molar-refractivity contribution in [3.63, 3.8) is 0 Å². The van der Waals surface area contributed by atoms with Crippen molar-refractivity contribution in [2.24, 2.45) is 0 Å². The summed E-state index contributed by atoms with van der Waals surface area (Å²) in [5.74, 6) is 1.58. The highest BCUT2D eigenvalue weighted by Gasteiger charge is 2.15. The second-order valence-electron chi connectivity index (χ2n) is 3.42. The number of nitrogens with two attached hydrogens (primary N) is 1. The Bertz CT molecular complexity index is 490. The second-order valence-corrected chi connectivity index (χ2v) is 4.84. The van der Waals surface area contributed by atoms with E-state index in [1.807, 2.05) is 0 Å². The maximum atomic E-state index is 8.92. The van der Waals surface area contributed by atoms with Gasteiger partial charge in [0.15, 0.2) is 0 Å². The minimum Gasteiger partial charge on any atom is -0.397 e. The first-order valence-electron chi connectivity index (χ1n) is 4.72. The smallest absolute Gasteiger partial charge is 0.0974 e. The molecule has 1 aliphatic heterocycles. The summed E-state index contributed by atoms with van der Waals surface area (Å²) in [7, 11) is 0.